The van der Waals surface area contributed by atoms with Gasteiger partial charge in [-0.3, -0.25) is 0 Å². The first kappa shape index (κ1) is 12.2. The first-order chi connectivity index (χ1) is 8.52. The van der Waals surface area contributed by atoms with Gasteiger partial charge in [0.1, 0.15) is 0 Å². The molecule has 7 heteroatoms. The van der Waals surface area contributed by atoms with Gasteiger partial charge >= 0.3 is 6.18 Å². The van der Waals surface area contributed by atoms with E-state index in [1.807, 2.05) is 0 Å². The van der Waals surface area contributed by atoms with Gasteiger partial charge in [-0.1, -0.05) is 6.42 Å². The molecule has 2 aliphatic rings. The van der Waals surface area contributed by atoms with Crippen molar-refractivity contribution in [3.63, 3.8) is 0 Å². The lowest BCUT2D eigenvalue weighted by molar-refractivity contribution is -0.144. The third kappa shape index (κ3) is 2.32. The molecule has 2 aliphatic carbocycles. The molecule has 0 radical (unpaired) electrons. The zero-order chi connectivity index (χ0) is 12.8. The van der Waals surface area contributed by atoms with Crippen LogP contribution in [0.15, 0.2) is 0 Å². The van der Waals surface area contributed by atoms with Crippen molar-refractivity contribution in [2.24, 2.45) is 17.8 Å². The van der Waals surface area contributed by atoms with Gasteiger partial charge in [0.05, 0.1) is 0 Å². The standard InChI is InChI=1S/C11H14F3N3S/c12-11(13,14)9-16-10(18-17-9)15-5-8-4-6-1-2-7(8)3-6/h6-8H,1-5H2,(H,15,16,17). The summed E-state index contributed by atoms with van der Waals surface area (Å²) >= 11 is 0.788. The topological polar surface area (TPSA) is 37.8 Å². The first-order valence-corrected chi connectivity index (χ1v) is 6.94. The van der Waals surface area contributed by atoms with E-state index in [0.29, 0.717) is 5.92 Å². The molecule has 1 N–H and O–H groups in total. The Kier molecular flexibility index (Phi) is 2.96. The van der Waals surface area contributed by atoms with E-state index in [-0.39, 0.29) is 5.13 Å². The molecule has 100 valence electrons. The molecule has 2 bridgehead atoms. The van der Waals surface area contributed by atoms with E-state index in [0.717, 1.165) is 29.9 Å². The summed E-state index contributed by atoms with van der Waals surface area (Å²) in [6, 6.07) is 0. The lowest BCUT2D eigenvalue weighted by Gasteiger charge is -2.21. The van der Waals surface area contributed by atoms with Gasteiger partial charge in [0.2, 0.25) is 11.0 Å². The Morgan fingerprint density at radius 3 is 2.67 bits per heavy atom. The molecule has 0 amide bonds. The van der Waals surface area contributed by atoms with Crippen molar-refractivity contribution in [3.05, 3.63) is 5.82 Å². The molecule has 0 spiro atoms. The summed E-state index contributed by atoms with van der Waals surface area (Å²) in [6.07, 6.45) is 0.681. The van der Waals surface area contributed by atoms with Crippen LogP contribution in [0.5, 0.6) is 0 Å². The molecule has 18 heavy (non-hydrogen) atoms. The van der Waals surface area contributed by atoms with Gasteiger partial charge in [-0.25, -0.2) is 0 Å². The van der Waals surface area contributed by atoms with Crippen molar-refractivity contribution in [2.75, 3.05) is 11.9 Å². The monoisotopic (exact) mass is 277 g/mol. The van der Waals surface area contributed by atoms with Crippen LogP contribution in [0.25, 0.3) is 0 Å². The largest absolute Gasteiger partial charge is 0.452 e. The molecule has 2 saturated carbocycles. The van der Waals surface area contributed by atoms with Crippen molar-refractivity contribution >= 4 is 16.7 Å². The van der Waals surface area contributed by atoms with Crippen LogP contribution in [0.2, 0.25) is 0 Å². The predicted octanol–water partition coefficient (Wildman–Crippen LogP) is 3.41. The minimum atomic E-state index is -4.44. The number of anilines is 1. The predicted molar refractivity (Wildman–Crippen MR) is 62.3 cm³/mol. The van der Waals surface area contributed by atoms with Crippen LogP contribution in [0.4, 0.5) is 18.3 Å². The molecule has 3 atom stereocenters. The Morgan fingerprint density at radius 1 is 1.28 bits per heavy atom. The van der Waals surface area contributed by atoms with Crippen molar-refractivity contribution in [3.8, 4) is 0 Å². The normalized spacial score (nSPS) is 30.9. The van der Waals surface area contributed by atoms with Crippen molar-refractivity contribution in [2.45, 2.75) is 31.9 Å². The van der Waals surface area contributed by atoms with Crippen LogP contribution < -0.4 is 5.32 Å². The van der Waals surface area contributed by atoms with Crippen LogP contribution in [0.3, 0.4) is 0 Å². The van der Waals surface area contributed by atoms with Gasteiger partial charge in [0.25, 0.3) is 0 Å². The lowest BCUT2D eigenvalue weighted by Crippen LogP contribution is -2.20. The zero-order valence-corrected chi connectivity index (χ0v) is 10.5. The Hall–Kier alpha value is -0.850. The van der Waals surface area contributed by atoms with E-state index in [2.05, 4.69) is 14.7 Å². The number of alkyl halides is 3. The van der Waals surface area contributed by atoms with Crippen molar-refractivity contribution < 1.29 is 13.2 Å². The molecular weight excluding hydrogens is 263 g/mol. The number of hydrogen-bond acceptors (Lipinski definition) is 4. The zero-order valence-electron chi connectivity index (χ0n) is 9.70. The Balaban J connectivity index is 1.56. The molecule has 3 unspecified atom stereocenters. The van der Waals surface area contributed by atoms with Gasteiger partial charge in [0, 0.05) is 18.1 Å². The lowest BCUT2D eigenvalue weighted by atomic mass is 9.89. The molecule has 1 aromatic heterocycles. The van der Waals surface area contributed by atoms with Crippen LogP contribution in [-0.4, -0.2) is 15.9 Å². The highest BCUT2D eigenvalue weighted by Gasteiger charge is 2.39. The molecule has 3 nitrogen and oxygen atoms in total. The molecule has 1 heterocycles. The summed E-state index contributed by atoms with van der Waals surface area (Å²) in [5, 5.41) is 3.29. The Morgan fingerprint density at radius 2 is 2.11 bits per heavy atom. The summed E-state index contributed by atoms with van der Waals surface area (Å²) < 4.78 is 40.3. The van der Waals surface area contributed by atoms with E-state index in [1.165, 1.54) is 25.7 Å². The number of rotatable bonds is 3. The van der Waals surface area contributed by atoms with E-state index < -0.39 is 12.0 Å². The quantitative estimate of drug-likeness (QED) is 0.920. The summed E-state index contributed by atoms with van der Waals surface area (Å²) in [5.41, 5.74) is 0. The third-order valence-corrected chi connectivity index (χ3v) is 4.75. The maximum absolute atomic E-state index is 12.3. The molecule has 0 aliphatic heterocycles. The Bertz CT molecular complexity index is 431. The summed E-state index contributed by atoms with van der Waals surface area (Å²) in [5.74, 6) is 1.17. The first-order valence-electron chi connectivity index (χ1n) is 6.17. The summed E-state index contributed by atoms with van der Waals surface area (Å²) in [7, 11) is 0. The van der Waals surface area contributed by atoms with E-state index in [9.17, 15) is 13.2 Å². The minimum Gasteiger partial charge on any atom is -0.360 e. The second-order valence-corrected chi connectivity index (χ2v) is 5.99. The van der Waals surface area contributed by atoms with Gasteiger partial charge < -0.3 is 5.32 Å². The number of fused-ring (bicyclic) bond motifs is 2. The number of hydrogen-bond donors (Lipinski definition) is 1. The van der Waals surface area contributed by atoms with Crippen molar-refractivity contribution in [1.82, 2.24) is 9.36 Å². The summed E-state index contributed by atoms with van der Waals surface area (Å²) in [4.78, 5) is 3.48. The average Bonchev–Trinajstić information content (AvgIpc) is 3.01. The molecule has 1 aromatic rings. The van der Waals surface area contributed by atoms with E-state index >= 15 is 0 Å². The third-order valence-electron chi connectivity index (χ3n) is 4.08. The van der Waals surface area contributed by atoms with Crippen LogP contribution in [0.1, 0.15) is 31.5 Å². The maximum atomic E-state index is 12.3. The fraction of sp³-hybridized carbons (Fsp3) is 0.818. The molecular formula is C11H14F3N3S. The van der Waals surface area contributed by atoms with Gasteiger partial charge in [0.15, 0.2) is 0 Å². The van der Waals surface area contributed by atoms with Crippen LogP contribution in [0, 0.1) is 17.8 Å². The van der Waals surface area contributed by atoms with Crippen LogP contribution >= 0.6 is 11.5 Å². The number of aromatic nitrogens is 2. The Labute approximate surface area is 107 Å². The van der Waals surface area contributed by atoms with Gasteiger partial charge in [-0.2, -0.15) is 22.5 Å². The average molecular weight is 277 g/mol. The molecule has 0 aromatic carbocycles. The van der Waals surface area contributed by atoms with E-state index in [4.69, 9.17) is 0 Å². The second-order valence-electron chi connectivity index (χ2n) is 5.24. The fourth-order valence-electron chi connectivity index (χ4n) is 3.26. The smallest absolute Gasteiger partial charge is 0.360 e. The maximum Gasteiger partial charge on any atom is 0.452 e. The van der Waals surface area contributed by atoms with Gasteiger partial charge in [-0.15, -0.1) is 0 Å². The molecule has 0 saturated heterocycles. The molecule has 3 rings (SSSR count). The van der Waals surface area contributed by atoms with Crippen molar-refractivity contribution in [1.29, 1.82) is 0 Å². The number of halogens is 3. The number of nitrogens with one attached hydrogen (secondary N) is 1. The summed E-state index contributed by atoms with van der Waals surface area (Å²) in [6.45, 7) is 0.730. The van der Waals surface area contributed by atoms with Crippen LogP contribution in [-0.2, 0) is 6.18 Å². The van der Waals surface area contributed by atoms with Gasteiger partial charge in [-0.05, 0) is 37.0 Å². The second kappa shape index (κ2) is 4.36. The highest BCUT2D eigenvalue weighted by atomic mass is 32.1. The SMILES string of the molecule is FC(F)(F)c1nsc(NCC2CC3CCC2C3)n1. The van der Waals surface area contributed by atoms with E-state index in [1.54, 1.807) is 0 Å². The fourth-order valence-corrected chi connectivity index (χ4v) is 3.85. The highest BCUT2D eigenvalue weighted by Crippen LogP contribution is 2.48. The molecule has 2 fully saturated rings. The number of nitrogens with zero attached hydrogens (tertiary/aromatic N) is 2. The highest BCUT2D eigenvalue weighted by molar-refractivity contribution is 7.09. The minimum absolute atomic E-state index is 0.282.